The topological polar surface area (TPSA) is 37.3 Å². The molecule has 1 N–H and O–H groups in total. The van der Waals surface area contributed by atoms with Gasteiger partial charge in [-0.1, -0.05) is 0 Å². The molecule has 0 amide bonds. The van der Waals surface area contributed by atoms with Crippen LogP contribution < -0.4 is 7.02 Å². The molecule has 0 aliphatic heterocycles. The van der Waals surface area contributed by atoms with E-state index in [1.54, 1.807) is 36.4 Å². The van der Waals surface area contributed by atoms with E-state index in [0.29, 0.717) is 7.02 Å². The van der Waals surface area contributed by atoms with Crippen LogP contribution >= 0.6 is 0 Å². The first kappa shape index (κ1) is 11.5. The van der Waals surface area contributed by atoms with Crippen LogP contribution in [-0.4, -0.2) is 22.6 Å². The first-order valence-corrected chi connectivity index (χ1v) is 9.80. The van der Waals surface area contributed by atoms with Crippen LogP contribution in [0.25, 0.3) is 0 Å². The number of hydrogen-bond acceptors (Lipinski definition) is 1. The zero-order valence-corrected chi connectivity index (χ0v) is 11.6. The second kappa shape index (κ2) is 4.48. The molecule has 2 aromatic rings. The molecule has 2 aromatic carbocycles. The van der Waals surface area contributed by atoms with E-state index < -0.39 is 19.2 Å². The Morgan fingerprint density at radius 2 is 1.38 bits per heavy atom. The van der Waals surface area contributed by atoms with E-state index in [0.717, 1.165) is 5.56 Å². The van der Waals surface area contributed by atoms with Gasteiger partial charge in [0.25, 0.3) is 0 Å². The van der Waals surface area contributed by atoms with Crippen LogP contribution in [0.1, 0.15) is 5.56 Å². The molecule has 1 atom stereocenters. The maximum absolute atomic E-state index is 12.4. The number of aryl methyl sites for hydroxylation is 1. The van der Waals surface area contributed by atoms with Gasteiger partial charge in [-0.3, -0.25) is 0 Å². The van der Waals surface area contributed by atoms with Gasteiger partial charge in [-0.15, -0.1) is 0 Å². The molecule has 0 aliphatic rings. The molecule has 0 spiro atoms. The van der Waals surface area contributed by atoms with Crippen LogP contribution in [0.5, 0.6) is 0 Å². The monoisotopic (exact) mass is 322 g/mol. The van der Waals surface area contributed by atoms with E-state index in [1.165, 1.54) is 0 Å². The van der Waals surface area contributed by atoms with Crippen LogP contribution in [-0.2, 0) is 3.02 Å². The van der Waals surface area contributed by atoms with E-state index in [-0.39, 0.29) is 0 Å². The Morgan fingerprint density at radius 3 is 1.94 bits per heavy atom. The van der Waals surface area contributed by atoms with Gasteiger partial charge in [0.2, 0.25) is 0 Å². The Labute approximate surface area is 99.5 Å². The Morgan fingerprint density at radius 1 is 0.875 bits per heavy atom. The summed E-state index contributed by atoms with van der Waals surface area (Å²) in [5.74, 6) is 0. The summed E-state index contributed by atoms with van der Waals surface area (Å²) in [7, 11) is 0. The van der Waals surface area contributed by atoms with Gasteiger partial charge >= 0.3 is 99.7 Å². The van der Waals surface area contributed by atoms with Gasteiger partial charge in [-0.25, -0.2) is 0 Å². The van der Waals surface area contributed by atoms with Crippen molar-refractivity contribution in [2.75, 3.05) is 0 Å². The van der Waals surface area contributed by atoms with Gasteiger partial charge in [0.1, 0.15) is 0 Å². The van der Waals surface area contributed by atoms with E-state index >= 15 is 0 Å². The molecule has 1 unspecified atom stereocenters. The van der Waals surface area contributed by atoms with Crippen molar-refractivity contribution < 1.29 is 6.40 Å². The molecule has 0 radical (unpaired) electrons. The summed E-state index contributed by atoms with van der Waals surface area (Å²) in [6.07, 6.45) is 0. The van der Waals surface area contributed by atoms with E-state index in [9.17, 15) is 6.40 Å². The summed E-state index contributed by atoms with van der Waals surface area (Å²) < 4.78 is 23.7. The molecule has 0 aliphatic carbocycles. The Balaban J connectivity index is 2.47. The zero-order valence-electron chi connectivity index (χ0n) is 9.00. The molecule has 2 rings (SSSR count). The molecule has 0 heterocycles. The summed E-state index contributed by atoms with van der Waals surface area (Å²) in [6.45, 7) is 1.96. The molecule has 0 bridgehead atoms. The molecule has 82 valence electrons. The maximum atomic E-state index is 12.4. The molecule has 2 nitrogen and oxygen atoms in total. The summed E-state index contributed by atoms with van der Waals surface area (Å²) in [6, 6.07) is 16.1. The predicted octanol–water partition coefficient (Wildman–Crippen LogP) is 0.974. The number of hydrogen-bond donors (Lipinski definition) is 1. The van der Waals surface area contributed by atoms with Crippen LogP contribution in [0, 0.1) is 6.92 Å². The SMILES string of the molecule is Cc1cc[c]([Sb](=[O])([OH])[c]2ccccc2)cc1. The van der Waals surface area contributed by atoms with Crippen LogP contribution in [0.3, 0.4) is 0 Å². The molecular formula is C13H13O2Sb. The molecule has 0 saturated carbocycles. The van der Waals surface area contributed by atoms with Crippen LogP contribution in [0.4, 0.5) is 0 Å². The van der Waals surface area contributed by atoms with Crippen molar-refractivity contribution in [1.82, 2.24) is 0 Å². The number of rotatable bonds is 2. The average molecular weight is 323 g/mol. The molecule has 16 heavy (non-hydrogen) atoms. The summed E-state index contributed by atoms with van der Waals surface area (Å²) in [4.78, 5) is 0. The van der Waals surface area contributed by atoms with Crippen molar-refractivity contribution in [3.8, 4) is 0 Å². The molecular weight excluding hydrogens is 310 g/mol. The van der Waals surface area contributed by atoms with Gasteiger partial charge < -0.3 is 0 Å². The summed E-state index contributed by atoms with van der Waals surface area (Å²) in [5.41, 5.74) is 1.09. The molecule has 0 saturated heterocycles. The predicted molar refractivity (Wildman–Crippen MR) is 65.5 cm³/mol. The standard InChI is InChI=1S/C7H7.C6H5.H2O.O.Sb/c1-7-5-3-2-4-6-7;1-2-4-6-5-3-1;;;/h3-6H,1H3;1-5H;1H2;;/q;;;;+1/p-1. The van der Waals surface area contributed by atoms with E-state index in [1.807, 2.05) is 25.1 Å². The van der Waals surface area contributed by atoms with Crippen molar-refractivity contribution in [1.29, 1.82) is 0 Å². The fourth-order valence-electron chi connectivity index (χ4n) is 1.53. The first-order valence-electron chi connectivity index (χ1n) is 5.06. The average Bonchev–Trinajstić information content (AvgIpc) is 2.31. The van der Waals surface area contributed by atoms with Crippen LogP contribution in [0.2, 0.25) is 0 Å². The van der Waals surface area contributed by atoms with E-state index in [2.05, 4.69) is 0 Å². The third kappa shape index (κ3) is 2.23. The summed E-state index contributed by atoms with van der Waals surface area (Å²) in [5, 5.41) is 0. The van der Waals surface area contributed by atoms with Crippen molar-refractivity contribution in [3.63, 3.8) is 0 Å². The van der Waals surface area contributed by atoms with Crippen molar-refractivity contribution >= 4 is 26.2 Å². The van der Waals surface area contributed by atoms with E-state index in [4.69, 9.17) is 0 Å². The fraction of sp³-hybridized carbons (Fsp3) is 0.0769. The minimum absolute atomic E-state index is 0.560. The number of benzene rings is 2. The zero-order chi connectivity index (χ0) is 11.6. The quantitative estimate of drug-likeness (QED) is 0.837. The molecule has 3 heteroatoms. The Hall–Kier alpha value is -0.982. The van der Waals surface area contributed by atoms with Gasteiger partial charge in [0.05, 0.1) is 0 Å². The van der Waals surface area contributed by atoms with Crippen molar-refractivity contribution in [2.45, 2.75) is 6.92 Å². The van der Waals surface area contributed by atoms with Gasteiger partial charge in [0.15, 0.2) is 0 Å². The Bertz CT molecular complexity index is 517. The fourth-order valence-corrected chi connectivity index (χ4v) is 5.60. The van der Waals surface area contributed by atoms with Crippen molar-refractivity contribution in [3.05, 3.63) is 60.2 Å². The normalized spacial score (nSPS) is 14.4. The van der Waals surface area contributed by atoms with Gasteiger partial charge in [-0.05, 0) is 0 Å². The minimum atomic E-state index is -4.41. The third-order valence-corrected chi connectivity index (χ3v) is 8.19. The second-order valence-electron chi connectivity index (χ2n) is 3.75. The first-order chi connectivity index (χ1) is 7.60. The molecule has 0 aromatic heterocycles. The third-order valence-electron chi connectivity index (χ3n) is 2.49. The Kier molecular flexibility index (Phi) is 3.22. The van der Waals surface area contributed by atoms with Crippen LogP contribution in [0.15, 0.2) is 54.6 Å². The van der Waals surface area contributed by atoms with Gasteiger partial charge in [0, 0.05) is 0 Å². The molecule has 0 fully saturated rings. The second-order valence-corrected chi connectivity index (χ2v) is 9.98. The van der Waals surface area contributed by atoms with Gasteiger partial charge in [-0.2, -0.15) is 0 Å². The van der Waals surface area contributed by atoms with Crippen molar-refractivity contribution in [2.24, 2.45) is 0 Å². The summed E-state index contributed by atoms with van der Waals surface area (Å²) >= 11 is -4.41.